The van der Waals surface area contributed by atoms with E-state index in [1.54, 1.807) is 25.6 Å². The molecule has 1 heterocycles. The van der Waals surface area contributed by atoms with Gasteiger partial charge in [-0.2, -0.15) is 0 Å². The first-order chi connectivity index (χ1) is 11.6. The molecule has 0 amide bonds. The number of halogens is 1. The van der Waals surface area contributed by atoms with Gasteiger partial charge in [-0.1, -0.05) is 23.7 Å². The predicted octanol–water partition coefficient (Wildman–Crippen LogP) is 5.53. The minimum absolute atomic E-state index is 0.704. The summed E-state index contributed by atoms with van der Waals surface area (Å²) in [7, 11) is 3.26. The molecule has 0 aliphatic heterocycles. The van der Waals surface area contributed by atoms with Crippen LogP contribution in [0.3, 0.4) is 0 Å². The molecule has 0 radical (unpaired) electrons. The molecule has 0 aliphatic carbocycles. The van der Waals surface area contributed by atoms with Gasteiger partial charge >= 0.3 is 0 Å². The number of ether oxygens (including phenoxy) is 2. The largest absolute Gasteiger partial charge is 0.497 e. The van der Waals surface area contributed by atoms with Crippen LogP contribution in [0.25, 0.3) is 11.3 Å². The van der Waals surface area contributed by atoms with Crippen LogP contribution in [0.4, 0.5) is 10.8 Å². The minimum Gasteiger partial charge on any atom is -0.497 e. The Kier molecular flexibility index (Phi) is 4.92. The molecule has 3 rings (SSSR count). The van der Waals surface area contributed by atoms with Crippen LogP contribution in [0.15, 0.2) is 42.5 Å². The molecule has 0 spiro atoms. The van der Waals surface area contributed by atoms with Crippen molar-refractivity contribution in [1.82, 2.24) is 4.98 Å². The quantitative estimate of drug-likeness (QED) is 0.649. The molecule has 0 aliphatic rings. The number of hydrogen-bond donors (Lipinski definition) is 1. The van der Waals surface area contributed by atoms with E-state index in [1.807, 2.05) is 42.5 Å². The standard InChI is InChI=1S/C18H17ClN2O2S/c1-11-17(12-4-6-13(19)7-5-12)21-18(24-11)20-15-9-8-14(22-2)10-16(15)23-3/h4-10H,1-3H3,(H,20,21). The monoisotopic (exact) mass is 360 g/mol. The fourth-order valence-electron chi connectivity index (χ4n) is 2.34. The number of benzene rings is 2. The third-order valence-corrected chi connectivity index (χ3v) is 4.70. The molecular formula is C18H17ClN2O2S. The molecule has 3 aromatic rings. The molecule has 1 aromatic heterocycles. The van der Waals surface area contributed by atoms with Gasteiger partial charge in [0.2, 0.25) is 0 Å². The molecule has 0 saturated heterocycles. The number of nitrogens with one attached hydrogen (secondary N) is 1. The van der Waals surface area contributed by atoms with Gasteiger partial charge in [-0.3, -0.25) is 0 Å². The van der Waals surface area contributed by atoms with E-state index in [9.17, 15) is 0 Å². The molecule has 0 atom stereocenters. The summed E-state index contributed by atoms with van der Waals surface area (Å²) in [5, 5.41) is 4.84. The Morgan fingerprint density at radius 3 is 2.46 bits per heavy atom. The molecule has 0 saturated carbocycles. The Bertz CT molecular complexity index is 847. The van der Waals surface area contributed by atoms with Gasteiger partial charge < -0.3 is 14.8 Å². The second-order valence-electron chi connectivity index (χ2n) is 5.12. The van der Waals surface area contributed by atoms with Crippen LogP contribution in [0.1, 0.15) is 4.88 Å². The first-order valence-electron chi connectivity index (χ1n) is 7.33. The number of rotatable bonds is 5. The molecular weight excluding hydrogens is 344 g/mol. The summed E-state index contributed by atoms with van der Waals surface area (Å²) in [6, 6.07) is 13.3. The highest BCUT2D eigenvalue weighted by Crippen LogP contribution is 2.36. The van der Waals surface area contributed by atoms with E-state index in [1.165, 1.54) is 0 Å². The van der Waals surface area contributed by atoms with Crippen LogP contribution in [0.2, 0.25) is 5.02 Å². The molecule has 0 fully saturated rings. The second-order valence-corrected chi connectivity index (χ2v) is 6.76. The topological polar surface area (TPSA) is 43.4 Å². The van der Waals surface area contributed by atoms with Crippen LogP contribution in [-0.2, 0) is 0 Å². The molecule has 1 N–H and O–H groups in total. The highest BCUT2D eigenvalue weighted by molar-refractivity contribution is 7.16. The van der Waals surface area contributed by atoms with Crippen LogP contribution in [-0.4, -0.2) is 19.2 Å². The average molecular weight is 361 g/mol. The number of nitrogens with zero attached hydrogens (tertiary/aromatic N) is 1. The van der Waals surface area contributed by atoms with Crippen molar-refractivity contribution in [1.29, 1.82) is 0 Å². The Morgan fingerprint density at radius 1 is 1.04 bits per heavy atom. The lowest BCUT2D eigenvalue weighted by Gasteiger charge is -2.10. The normalized spacial score (nSPS) is 10.5. The van der Waals surface area contributed by atoms with Gasteiger partial charge in [-0.05, 0) is 31.2 Å². The highest BCUT2D eigenvalue weighted by atomic mass is 35.5. The molecule has 24 heavy (non-hydrogen) atoms. The minimum atomic E-state index is 0.704. The molecule has 4 nitrogen and oxygen atoms in total. The lowest BCUT2D eigenvalue weighted by Crippen LogP contribution is -1.95. The number of hydrogen-bond acceptors (Lipinski definition) is 5. The van der Waals surface area contributed by atoms with Crippen LogP contribution < -0.4 is 14.8 Å². The first-order valence-corrected chi connectivity index (χ1v) is 8.52. The number of aromatic nitrogens is 1. The van der Waals surface area contributed by atoms with Crippen molar-refractivity contribution in [3.8, 4) is 22.8 Å². The number of thiazole rings is 1. The van der Waals surface area contributed by atoms with Gasteiger partial charge in [0.15, 0.2) is 5.13 Å². The van der Waals surface area contributed by atoms with E-state index >= 15 is 0 Å². The highest BCUT2D eigenvalue weighted by Gasteiger charge is 2.12. The summed E-state index contributed by atoms with van der Waals surface area (Å²) in [5.41, 5.74) is 2.84. The van der Waals surface area contributed by atoms with Crippen LogP contribution in [0, 0.1) is 6.92 Å². The number of aryl methyl sites for hydroxylation is 1. The maximum absolute atomic E-state index is 5.96. The summed E-state index contributed by atoms with van der Waals surface area (Å²) < 4.78 is 10.6. The summed E-state index contributed by atoms with van der Waals surface area (Å²) in [6.07, 6.45) is 0. The van der Waals surface area contributed by atoms with Crippen molar-refractivity contribution in [3.63, 3.8) is 0 Å². The fourth-order valence-corrected chi connectivity index (χ4v) is 3.32. The van der Waals surface area contributed by atoms with Gasteiger partial charge in [0.25, 0.3) is 0 Å². The zero-order valence-corrected chi connectivity index (χ0v) is 15.2. The molecule has 0 unspecified atom stereocenters. The van der Waals surface area contributed by atoms with Gasteiger partial charge in [0.05, 0.1) is 25.6 Å². The summed E-state index contributed by atoms with van der Waals surface area (Å²) in [5.74, 6) is 1.45. The molecule has 2 aromatic carbocycles. The van der Waals surface area contributed by atoms with Gasteiger partial charge in [0, 0.05) is 21.5 Å². The molecule has 0 bridgehead atoms. The third kappa shape index (κ3) is 3.47. The van der Waals surface area contributed by atoms with Crippen molar-refractivity contribution in [3.05, 3.63) is 52.4 Å². The predicted molar refractivity (Wildman–Crippen MR) is 100 cm³/mol. The Balaban J connectivity index is 1.89. The second kappa shape index (κ2) is 7.11. The maximum atomic E-state index is 5.96. The summed E-state index contributed by atoms with van der Waals surface area (Å²) in [6.45, 7) is 2.05. The van der Waals surface area contributed by atoms with E-state index in [-0.39, 0.29) is 0 Å². The molecule has 6 heteroatoms. The van der Waals surface area contributed by atoms with Crippen molar-refractivity contribution < 1.29 is 9.47 Å². The zero-order chi connectivity index (χ0) is 17.1. The lowest BCUT2D eigenvalue weighted by atomic mass is 10.1. The lowest BCUT2D eigenvalue weighted by molar-refractivity contribution is 0.395. The zero-order valence-electron chi connectivity index (χ0n) is 13.6. The third-order valence-electron chi connectivity index (χ3n) is 3.56. The van der Waals surface area contributed by atoms with Gasteiger partial charge in [0.1, 0.15) is 11.5 Å². The van der Waals surface area contributed by atoms with Crippen molar-refractivity contribution in [2.45, 2.75) is 6.92 Å². The number of methoxy groups -OCH3 is 2. The van der Waals surface area contributed by atoms with Gasteiger partial charge in [-0.25, -0.2) is 4.98 Å². The summed E-state index contributed by atoms with van der Waals surface area (Å²) >= 11 is 7.55. The van der Waals surface area contributed by atoms with Crippen LogP contribution >= 0.6 is 22.9 Å². The first kappa shape index (κ1) is 16.6. The van der Waals surface area contributed by atoms with E-state index in [0.717, 1.165) is 32.7 Å². The van der Waals surface area contributed by atoms with E-state index in [2.05, 4.69) is 12.2 Å². The van der Waals surface area contributed by atoms with E-state index in [4.69, 9.17) is 26.1 Å². The smallest absolute Gasteiger partial charge is 0.188 e. The molecule has 124 valence electrons. The van der Waals surface area contributed by atoms with Crippen molar-refractivity contribution >= 4 is 33.8 Å². The summed E-state index contributed by atoms with van der Waals surface area (Å²) in [4.78, 5) is 5.83. The Morgan fingerprint density at radius 2 is 1.79 bits per heavy atom. The maximum Gasteiger partial charge on any atom is 0.188 e. The van der Waals surface area contributed by atoms with Crippen molar-refractivity contribution in [2.24, 2.45) is 0 Å². The van der Waals surface area contributed by atoms with Crippen molar-refractivity contribution in [2.75, 3.05) is 19.5 Å². The SMILES string of the molecule is COc1ccc(Nc2nc(-c3ccc(Cl)cc3)c(C)s2)c(OC)c1. The average Bonchev–Trinajstić information content (AvgIpc) is 2.96. The Labute approximate surface area is 150 Å². The van der Waals surface area contributed by atoms with E-state index in [0.29, 0.717) is 10.8 Å². The van der Waals surface area contributed by atoms with Gasteiger partial charge in [-0.15, -0.1) is 11.3 Å². The number of anilines is 2. The Hall–Kier alpha value is -2.24. The fraction of sp³-hybridized carbons (Fsp3) is 0.167. The van der Waals surface area contributed by atoms with Crippen LogP contribution in [0.5, 0.6) is 11.5 Å². The van der Waals surface area contributed by atoms with E-state index < -0.39 is 0 Å².